The Labute approximate surface area is 198 Å². The Bertz CT molecular complexity index is 1350. The first kappa shape index (κ1) is 22.2. The minimum Gasteiger partial charge on any atom is -0.363 e. The monoisotopic (exact) mass is 488 g/mol. The molecule has 7 nitrogen and oxygen atoms in total. The Morgan fingerprint density at radius 1 is 1.20 bits per heavy atom. The van der Waals surface area contributed by atoms with Crippen molar-refractivity contribution in [1.82, 2.24) is 24.5 Å². The number of hydrogen-bond acceptors (Lipinski definition) is 5. The van der Waals surface area contributed by atoms with E-state index in [0.29, 0.717) is 42.4 Å². The van der Waals surface area contributed by atoms with Crippen LogP contribution in [0.15, 0.2) is 24.3 Å². The normalized spacial score (nSPS) is 26.1. The van der Waals surface area contributed by atoms with Gasteiger partial charge < -0.3 is 10.2 Å². The summed E-state index contributed by atoms with van der Waals surface area (Å²) in [6, 6.07) is 4.68. The number of halogens is 4. The molecule has 2 aromatic heterocycles. The quantitative estimate of drug-likeness (QED) is 0.543. The number of hydrogen-bond donors (Lipinski definition) is 1. The molecule has 2 atom stereocenters. The second kappa shape index (κ2) is 7.38. The summed E-state index contributed by atoms with van der Waals surface area (Å²) in [5.41, 5.74) is 0.710. The fourth-order valence-electron chi connectivity index (χ4n) is 5.98. The molecule has 3 heterocycles. The van der Waals surface area contributed by atoms with E-state index in [1.54, 1.807) is 29.2 Å². The topological polar surface area (TPSA) is 75.4 Å². The third-order valence-electron chi connectivity index (χ3n) is 7.82. The molecule has 3 aromatic rings. The van der Waals surface area contributed by atoms with Crippen LogP contribution in [0.25, 0.3) is 5.78 Å². The molecule has 3 fully saturated rings. The van der Waals surface area contributed by atoms with Crippen molar-refractivity contribution >= 4 is 17.5 Å². The van der Waals surface area contributed by atoms with Crippen LogP contribution < -0.4 is 5.32 Å². The van der Waals surface area contributed by atoms with Crippen LogP contribution in [0.2, 0.25) is 0 Å². The van der Waals surface area contributed by atoms with Crippen LogP contribution in [0.5, 0.6) is 0 Å². The standard InChI is InChI=1S/C24H24F4N6O/c1-12(14-4-3-5-16(6-14)24(26,27)28)29-20-17-10-33(21(35)23-7-15(8-23)18(25)9-23)11-19(17)34-13(2)31-32-22(34)30-20/h3-6,12,15,18H,7-11H2,1-2H3,(H,29,30,32)/t12?,15?,18-,23?/m0/s1. The molecule has 1 aliphatic heterocycles. The molecule has 0 spiro atoms. The van der Waals surface area contributed by atoms with Crippen molar-refractivity contribution in [3.63, 3.8) is 0 Å². The molecule has 3 aliphatic carbocycles. The third kappa shape index (κ3) is 3.38. The first-order valence-corrected chi connectivity index (χ1v) is 11.7. The molecule has 0 radical (unpaired) electrons. The highest BCUT2D eigenvalue weighted by Crippen LogP contribution is 2.61. The predicted molar refractivity (Wildman–Crippen MR) is 118 cm³/mol. The number of nitrogens with zero attached hydrogens (tertiary/aromatic N) is 5. The van der Waals surface area contributed by atoms with E-state index in [1.807, 2.05) is 0 Å². The van der Waals surface area contributed by atoms with Gasteiger partial charge >= 0.3 is 6.18 Å². The van der Waals surface area contributed by atoms with Gasteiger partial charge in [0.15, 0.2) is 0 Å². The molecule has 0 saturated heterocycles. The van der Waals surface area contributed by atoms with E-state index >= 15 is 0 Å². The maximum absolute atomic E-state index is 14.1. The van der Waals surface area contributed by atoms with Gasteiger partial charge in [-0.15, -0.1) is 10.2 Å². The van der Waals surface area contributed by atoms with Crippen molar-refractivity contribution in [2.45, 2.75) is 64.6 Å². The Morgan fingerprint density at radius 3 is 2.66 bits per heavy atom. The van der Waals surface area contributed by atoms with Gasteiger partial charge in [0.25, 0.3) is 5.78 Å². The van der Waals surface area contributed by atoms with Crippen LogP contribution in [-0.2, 0) is 24.1 Å². The lowest BCUT2D eigenvalue weighted by Crippen LogP contribution is -2.44. The van der Waals surface area contributed by atoms with E-state index < -0.39 is 29.4 Å². The maximum atomic E-state index is 14.1. The van der Waals surface area contributed by atoms with E-state index in [0.717, 1.165) is 23.4 Å². The minimum absolute atomic E-state index is 0.0112. The summed E-state index contributed by atoms with van der Waals surface area (Å²) in [6.45, 7) is 4.16. The van der Waals surface area contributed by atoms with Crippen molar-refractivity contribution in [2.24, 2.45) is 11.3 Å². The molecule has 7 rings (SSSR count). The lowest BCUT2D eigenvalue weighted by Gasteiger charge is -2.39. The molecular weight excluding hydrogens is 464 g/mol. The van der Waals surface area contributed by atoms with Gasteiger partial charge in [-0.1, -0.05) is 12.1 Å². The number of nitrogens with one attached hydrogen (secondary N) is 1. The zero-order valence-electron chi connectivity index (χ0n) is 19.2. The Kier molecular flexibility index (Phi) is 4.69. The second-order valence-electron chi connectivity index (χ2n) is 10.1. The highest BCUT2D eigenvalue weighted by Gasteiger charge is 2.62. The molecule has 1 unspecified atom stereocenters. The summed E-state index contributed by atoms with van der Waals surface area (Å²) in [4.78, 5) is 19.8. The lowest BCUT2D eigenvalue weighted by atomic mass is 9.69. The second-order valence-corrected chi connectivity index (χ2v) is 10.1. The average molecular weight is 488 g/mol. The van der Waals surface area contributed by atoms with Crippen LogP contribution in [-0.4, -0.2) is 36.6 Å². The summed E-state index contributed by atoms with van der Waals surface area (Å²) in [6.07, 6.45) is -3.89. The van der Waals surface area contributed by atoms with Gasteiger partial charge in [-0.05, 0) is 56.7 Å². The van der Waals surface area contributed by atoms with Crippen LogP contribution >= 0.6 is 0 Å². The number of rotatable bonds is 4. The molecule has 2 bridgehead atoms. The highest BCUT2D eigenvalue weighted by atomic mass is 19.4. The Hall–Kier alpha value is -3.24. The average Bonchev–Trinajstić information content (AvgIpc) is 3.53. The van der Waals surface area contributed by atoms with Crippen LogP contribution in [0.1, 0.15) is 60.4 Å². The van der Waals surface area contributed by atoms with Gasteiger partial charge in [-0.2, -0.15) is 18.2 Å². The summed E-state index contributed by atoms with van der Waals surface area (Å²) in [7, 11) is 0. The number of carbonyl (C=O) groups is 1. The summed E-state index contributed by atoms with van der Waals surface area (Å²) in [5, 5.41) is 11.5. The van der Waals surface area contributed by atoms with E-state index in [4.69, 9.17) is 0 Å². The Balaban J connectivity index is 1.33. The van der Waals surface area contributed by atoms with E-state index in [1.165, 1.54) is 6.07 Å². The van der Waals surface area contributed by atoms with Crippen molar-refractivity contribution in [2.75, 3.05) is 5.32 Å². The molecule has 1 aromatic carbocycles. The van der Waals surface area contributed by atoms with Crippen LogP contribution in [0.3, 0.4) is 0 Å². The molecule has 1 N–H and O–H groups in total. The number of fused-ring (bicyclic) bond motifs is 4. The lowest BCUT2D eigenvalue weighted by molar-refractivity contribution is -0.147. The number of aromatic nitrogens is 4. The van der Waals surface area contributed by atoms with Crippen molar-refractivity contribution < 1.29 is 22.4 Å². The number of anilines is 1. The number of benzene rings is 1. The first-order chi connectivity index (χ1) is 16.6. The summed E-state index contributed by atoms with van der Waals surface area (Å²) >= 11 is 0. The van der Waals surface area contributed by atoms with E-state index in [9.17, 15) is 22.4 Å². The predicted octanol–water partition coefficient (Wildman–Crippen LogP) is 4.61. The van der Waals surface area contributed by atoms with Crippen molar-refractivity contribution in [1.29, 1.82) is 0 Å². The van der Waals surface area contributed by atoms with Gasteiger partial charge in [-0.3, -0.25) is 9.20 Å². The van der Waals surface area contributed by atoms with Gasteiger partial charge in [0.1, 0.15) is 17.8 Å². The minimum atomic E-state index is -4.44. The SMILES string of the molecule is Cc1nnc2nc(NC(C)c3cccc(C(F)(F)F)c3)c3c(n12)CN(C(=O)C12CC(C1)[C@@H](F)C2)C3. The largest absolute Gasteiger partial charge is 0.416 e. The van der Waals surface area contributed by atoms with Gasteiger partial charge in [0, 0.05) is 11.6 Å². The first-order valence-electron chi connectivity index (χ1n) is 11.7. The molecule has 35 heavy (non-hydrogen) atoms. The van der Waals surface area contributed by atoms with E-state index in [2.05, 4.69) is 20.5 Å². The zero-order valence-corrected chi connectivity index (χ0v) is 19.2. The molecule has 11 heteroatoms. The third-order valence-corrected chi connectivity index (χ3v) is 7.82. The zero-order chi connectivity index (χ0) is 24.7. The van der Waals surface area contributed by atoms with Crippen molar-refractivity contribution in [3.8, 4) is 0 Å². The molecule has 3 saturated carbocycles. The smallest absolute Gasteiger partial charge is 0.363 e. The summed E-state index contributed by atoms with van der Waals surface area (Å²) < 4.78 is 55.6. The number of amides is 1. The van der Waals surface area contributed by atoms with Gasteiger partial charge in [0.05, 0.1) is 29.8 Å². The summed E-state index contributed by atoms with van der Waals surface area (Å²) in [5.74, 6) is 1.38. The van der Waals surface area contributed by atoms with Crippen LogP contribution in [0.4, 0.5) is 23.4 Å². The van der Waals surface area contributed by atoms with Gasteiger partial charge in [0.2, 0.25) is 5.91 Å². The Morgan fingerprint density at radius 2 is 1.97 bits per heavy atom. The van der Waals surface area contributed by atoms with Gasteiger partial charge in [-0.25, -0.2) is 4.39 Å². The molecular formula is C24H24F4N6O. The molecule has 4 aliphatic rings. The van der Waals surface area contributed by atoms with E-state index in [-0.39, 0.29) is 24.8 Å². The highest BCUT2D eigenvalue weighted by molar-refractivity contribution is 5.85. The van der Waals surface area contributed by atoms with Crippen LogP contribution in [0, 0.1) is 18.3 Å². The molecule has 184 valence electrons. The fraction of sp³-hybridized carbons (Fsp3) is 0.500. The number of carbonyl (C=O) groups excluding carboxylic acids is 1. The number of alkyl halides is 4. The number of aryl methyl sites for hydroxylation is 1. The molecule has 1 amide bonds. The fourth-order valence-corrected chi connectivity index (χ4v) is 5.98. The van der Waals surface area contributed by atoms with Crippen molar-refractivity contribution in [3.05, 3.63) is 52.5 Å². The maximum Gasteiger partial charge on any atom is 0.416 e.